The monoisotopic (exact) mass is 280 g/mol. The highest BCUT2D eigenvalue weighted by Crippen LogP contribution is 2.45. The number of hydrogen-bond acceptors (Lipinski definition) is 3. The molecular formula is C16H28N2O2. The molecule has 1 saturated carbocycles. The molecule has 0 aromatic rings. The second-order valence-corrected chi connectivity index (χ2v) is 7.96. The fourth-order valence-corrected chi connectivity index (χ4v) is 3.82. The van der Waals surface area contributed by atoms with E-state index in [2.05, 4.69) is 4.90 Å². The molecule has 3 rings (SSSR count). The Morgan fingerprint density at radius 1 is 1.15 bits per heavy atom. The van der Waals surface area contributed by atoms with Gasteiger partial charge in [0.1, 0.15) is 5.60 Å². The maximum atomic E-state index is 12.0. The zero-order valence-corrected chi connectivity index (χ0v) is 13.2. The lowest BCUT2D eigenvalue weighted by Crippen LogP contribution is -2.61. The van der Waals surface area contributed by atoms with E-state index in [-0.39, 0.29) is 11.7 Å². The molecule has 0 aromatic heterocycles. The average molecular weight is 280 g/mol. The van der Waals surface area contributed by atoms with Crippen LogP contribution in [0.4, 0.5) is 4.79 Å². The van der Waals surface area contributed by atoms with Gasteiger partial charge >= 0.3 is 6.09 Å². The van der Waals surface area contributed by atoms with Crippen LogP contribution in [0.2, 0.25) is 0 Å². The third kappa shape index (κ3) is 2.80. The van der Waals surface area contributed by atoms with Gasteiger partial charge in [-0.3, -0.25) is 0 Å². The molecule has 2 aliphatic heterocycles. The van der Waals surface area contributed by atoms with Gasteiger partial charge < -0.3 is 14.5 Å². The lowest BCUT2D eigenvalue weighted by atomic mass is 9.67. The molecule has 0 radical (unpaired) electrons. The number of carbonyl (C=O) groups excluding carboxylic acids is 1. The van der Waals surface area contributed by atoms with Crippen LogP contribution in [0.1, 0.15) is 52.9 Å². The number of ether oxygens (including phenoxy) is 1. The summed E-state index contributed by atoms with van der Waals surface area (Å²) in [5.74, 6) is 0. The van der Waals surface area contributed by atoms with Gasteiger partial charge in [-0.15, -0.1) is 0 Å². The van der Waals surface area contributed by atoms with Crippen molar-refractivity contribution in [3.63, 3.8) is 0 Å². The molecule has 1 spiro atoms. The number of likely N-dealkylation sites (tertiary alicyclic amines) is 2. The Morgan fingerprint density at radius 3 is 2.20 bits per heavy atom. The molecule has 114 valence electrons. The van der Waals surface area contributed by atoms with E-state index in [1.165, 1.54) is 45.2 Å². The third-order valence-corrected chi connectivity index (χ3v) is 5.13. The van der Waals surface area contributed by atoms with Crippen molar-refractivity contribution in [3.8, 4) is 0 Å². The normalized spacial score (nSPS) is 27.1. The lowest BCUT2D eigenvalue weighted by Gasteiger charge is -2.54. The van der Waals surface area contributed by atoms with Crippen molar-refractivity contribution in [1.29, 1.82) is 0 Å². The Kier molecular flexibility index (Phi) is 3.47. The Balaban J connectivity index is 1.44. The minimum atomic E-state index is -0.380. The molecule has 3 fully saturated rings. The summed E-state index contributed by atoms with van der Waals surface area (Å²) < 4.78 is 5.44. The van der Waals surface area contributed by atoms with Crippen LogP contribution < -0.4 is 0 Å². The van der Waals surface area contributed by atoms with Crippen LogP contribution in [-0.2, 0) is 4.74 Å². The summed E-state index contributed by atoms with van der Waals surface area (Å²) in [6, 6.07) is 0.824. The highest BCUT2D eigenvalue weighted by molar-refractivity contribution is 5.69. The fourth-order valence-electron chi connectivity index (χ4n) is 3.82. The van der Waals surface area contributed by atoms with Crippen LogP contribution in [0.5, 0.6) is 0 Å². The van der Waals surface area contributed by atoms with Crippen molar-refractivity contribution in [1.82, 2.24) is 9.80 Å². The highest BCUT2D eigenvalue weighted by Gasteiger charge is 2.48. The molecular weight excluding hydrogens is 252 g/mol. The SMILES string of the molecule is CC(C)(C)OC(=O)N1CC2(CCC(N3CCC3)CC2)C1. The molecule has 2 heterocycles. The van der Waals surface area contributed by atoms with E-state index in [1.54, 1.807) is 0 Å². The Bertz CT molecular complexity index is 368. The van der Waals surface area contributed by atoms with E-state index < -0.39 is 0 Å². The van der Waals surface area contributed by atoms with Gasteiger partial charge in [0.25, 0.3) is 0 Å². The van der Waals surface area contributed by atoms with Gasteiger partial charge in [0, 0.05) is 24.5 Å². The van der Waals surface area contributed by atoms with Gasteiger partial charge in [-0.2, -0.15) is 0 Å². The summed E-state index contributed by atoms with van der Waals surface area (Å²) in [6.45, 7) is 10.2. The summed E-state index contributed by atoms with van der Waals surface area (Å²) >= 11 is 0. The van der Waals surface area contributed by atoms with Crippen molar-refractivity contribution in [2.45, 2.75) is 64.5 Å². The van der Waals surface area contributed by atoms with Gasteiger partial charge in [0.05, 0.1) is 0 Å². The van der Waals surface area contributed by atoms with Crippen molar-refractivity contribution in [2.75, 3.05) is 26.2 Å². The van der Waals surface area contributed by atoms with Gasteiger partial charge in [-0.1, -0.05) is 0 Å². The number of hydrogen-bond donors (Lipinski definition) is 0. The second kappa shape index (κ2) is 4.90. The van der Waals surface area contributed by atoms with E-state index in [4.69, 9.17) is 4.74 Å². The van der Waals surface area contributed by atoms with Crippen LogP contribution >= 0.6 is 0 Å². The minimum absolute atomic E-state index is 0.131. The Labute approximate surface area is 122 Å². The highest BCUT2D eigenvalue weighted by atomic mass is 16.6. The molecule has 4 heteroatoms. The lowest BCUT2D eigenvalue weighted by molar-refractivity contribution is -0.0621. The van der Waals surface area contributed by atoms with E-state index in [9.17, 15) is 4.79 Å². The van der Waals surface area contributed by atoms with Gasteiger partial charge in [0.15, 0.2) is 0 Å². The van der Waals surface area contributed by atoms with Crippen molar-refractivity contribution in [2.24, 2.45) is 5.41 Å². The van der Waals surface area contributed by atoms with E-state index in [0.717, 1.165) is 19.1 Å². The largest absolute Gasteiger partial charge is 0.444 e. The molecule has 4 nitrogen and oxygen atoms in total. The van der Waals surface area contributed by atoms with Crippen LogP contribution in [0.15, 0.2) is 0 Å². The van der Waals surface area contributed by atoms with Crippen molar-refractivity contribution >= 4 is 6.09 Å². The minimum Gasteiger partial charge on any atom is -0.444 e. The van der Waals surface area contributed by atoms with Crippen LogP contribution in [0.25, 0.3) is 0 Å². The molecule has 1 amide bonds. The smallest absolute Gasteiger partial charge is 0.410 e. The topological polar surface area (TPSA) is 32.8 Å². The summed E-state index contributed by atoms with van der Waals surface area (Å²) in [5.41, 5.74) is 0.0350. The Morgan fingerprint density at radius 2 is 1.75 bits per heavy atom. The molecule has 1 aliphatic carbocycles. The summed E-state index contributed by atoms with van der Waals surface area (Å²) in [7, 11) is 0. The van der Waals surface area contributed by atoms with Gasteiger partial charge in [-0.25, -0.2) is 4.79 Å². The quantitative estimate of drug-likeness (QED) is 0.740. The molecule has 0 N–H and O–H groups in total. The van der Waals surface area contributed by atoms with E-state index in [1.807, 2.05) is 25.7 Å². The number of carbonyl (C=O) groups is 1. The van der Waals surface area contributed by atoms with Gasteiger partial charge in [0.2, 0.25) is 0 Å². The standard InChI is InChI=1S/C16H28N2O2/c1-15(2,3)20-14(19)18-11-16(12-18)7-5-13(6-8-16)17-9-4-10-17/h13H,4-12H2,1-3H3. The molecule has 3 aliphatic rings. The summed E-state index contributed by atoms with van der Waals surface area (Å²) in [5, 5.41) is 0. The summed E-state index contributed by atoms with van der Waals surface area (Å²) in [4.78, 5) is 16.5. The van der Waals surface area contributed by atoms with Crippen molar-refractivity contribution < 1.29 is 9.53 Å². The van der Waals surface area contributed by atoms with Crippen molar-refractivity contribution in [3.05, 3.63) is 0 Å². The molecule has 0 atom stereocenters. The third-order valence-electron chi connectivity index (χ3n) is 5.13. The molecule has 0 bridgehead atoms. The predicted octanol–water partition coefficient (Wildman–Crippen LogP) is 2.87. The maximum Gasteiger partial charge on any atom is 0.410 e. The zero-order valence-electron chi connectivity index (χ0n) is 13.2. The zero-order chi connectivity index (χ0) is 14.4. The Hall–Kier alpha value is -0.770. The first-order valence-electron chi connectivity index (χ1n) is 8.09. The van der Waals surface area contributed by atoms with E-state index >= 15 is 0 Å². The van der Waals surface area contributed by atoms with Crippen LogP contribution in [0.3, 0.4) is 0 Å². The first kappa shape index (κ1) is 14.2. The first-order valence-corrected chi connectivity index (χ1v) is 8.09. The van der Waals surface area contributed by atoms with Crippen LogP contribution in [-0.4, -0.2) is 53.7 Å². The average Bonchev–Trinajstić information content (AvgIpc) is 2.22. The molecule has 2 saturated heterocycles. The summed E-state index contributed by atoms with van der Waals surface area (Å²) in [6.07, 6.45) is 6.47. The number of amides is 1. The van der Waals surface area contributed by atoms with Crippen LogP contribution in [0, 0.1) is 5.41 Å². The molecule has 20 heavy (non-hydrogen) atoms. The predicted molar refractivity (Wildman–Crippen MR) is 78.7 cm³/mol. The number of nitrogens with zero attached hydrogens (tertiary/aromatic N) is 2. The maximum absolute atomic E-state index is 12.0. The molecule has 0 aromatic carbocycles. The van der Waals surface area contributed by atoms with E-state index in [0.29, 0.717) is 5.41 Å². The van der Waals surface area contributed by atoms with Gasteiger partial charge in [-0.05, 0) is 66.0 Å². The second-order valence-electron chi connectivity index (χ2n) is 7.96. The fraction of sp³-hybridized carbons (Fsp3) is 0.938. The first-order chi connectivity index (χ1) is 9.37. The number of rotatable bonds is 1. The molecule has 0 unspecified atom stereocenters.